The standard InChI is InChI=1S/C45H81N3O14/c1-15-32-45(10,54)38(52)27(4)35(50)25(2)23-43(8,55-13)39(62-42-36(51)31(47(11)12)22-26(3)57-42)28(5)37(29(6)41(53)59-32)61-34-24-44(9,56-14)40(30(7)58-34)60-33(49)16-19-48-20-17-46-18-21-48/h25-32,34,36-40,42,46,51-52,54H,15-24H2,1-14H3/t25-,26-,27+,28+,29-,30+,31+,32-,34?,36-,37+,38-,39-,40+,42?,43-,44-,45-/m1/s1. The van der Waals surface area contributed by atoms with Gasteiger partial charge in [0.05, 0.1) is 48.5 Å². The summed E-state index contributed by atoms with van der Waals surface area (Å²) < 4.78 is 51.1. The van der Waals surface area contributed by atoms with Gasteiger partial charge in [-0.15, -0.1) is 0 Å². The first kappa shape index (κ1) is 52.8. The van der Waals surface area contributed by atoms with Crippen LogP contribution in [0.1, 0.15) is 101 Å². The predicted molar refractivity (Wildman–Crippen MR) is 229 cm³/mol. The molecule has 17 nitrogen and oxygen atoms in total. The zero-order valence-corrected chi connectivity index (χ0v) is 40.0. The van der Waals surface area contributed by atoms with Crippen molar-refractivity contribution >= 4 is 17.7 Å². The third-order valence-electron chi connectivity index (χ3n) is 14.3. The molecule has 4 rings (SSSR count). The summed E-state index contributed by atoms with van der Waals surface area (Å²) in [6.07, 6.45) is -8.68. The lowest BCUT2D eigenvalue weighted by molar-refractivity contribution is -0.320. The Bertz CT molecular complexity index is 1470. The Morgan fingerprint density at radius 2 is 1.52 bits per heavy atom. The zero-order chi connectivity index (χ0) is 46.5. The smallest absolute Gasteiger partial charge is 0.311 e. The van der Waals surface area contributed by atoms with Gasteiger partial charge >= 0.3 is 11.9 Å². The van der Waals surface area contributed by atoms with E-state index in [2.05, 4.69) is 10.2 Å². The van der Waals surface area contributed by atoms with Gasteiger partial charge in [0.2, 0.25) is 0 Å². The number of carbonyl (C=O) groups is 3. The van der Waals surface area contributed by atoms with Gasteiger partial charge in [-0.05, 0) is 74.9 Å². The monoisotopic (exact) mass is 888 g/mol. The Morgan fingerprint density at radius 3 is 2.10 bits per heavy atom. The number of likely N-dealkylation sites (N-methyl/N-ethyl adjacent to an activating group) is 1. The number of esters is 2. The van der Waals surface area contributed by atoms with E-state index in [1.165, 1.54) is 14.0 Å². The van der Waals surface area contributed by atoms with E-state index in [0.717, 1.165) is 26.2 Å². The van der Waals surface area contributed by atoms with Gasteiger partial charge in [-0.2, -0.15) is 0 Å². The molecule has 18 atom stereocenters. The van der Waals surface area contributed by atoms with Crippen LogP contribution in [-0.4, -0.2) is 188 Å². The van der Waals surface area contributed by atoms with Crippen molar-refractivity contribution < 1.29 is 67.6 Å². The van der Waals surface area contributed by atoms with Gasteiger partial charge in [0.15, 0.2) is 18.7 Å². The minimum atomic E-state index is -1.99. The minimum Gasteiger partial charge on any atom is -0.459 e. The summed E-state index contributed by atoms with van der Waals surface area (Å²) in [5, 5.41) is 38.4. The van der Waals surface area contributed by atoms with Crippen LogP contribution in [0.4, 0.5) is 0 Å². The molecule has 4 heterocycles. The second kappa shape index (κ2) is 22.1. The summed E-state index contributed by atoms with van der Waals surface area (Å²) in [5.41, 5.74) is -4.34. The molecule has 0 aromatic heterocycles. The first-order valence-corrected chi connectivity index (χ1v) is 22.8. The van der Waals surface area contributed by atoms with Crippen LogP contribution in [0.5, 0.6) is 0 Å². The molecule has 360 valence electrons. The van der Waals surface area contributed by atoms with Gasteiger partial charge in [-0.25, -0.2) is 0 Å². The van der Waals surface area contributed by atoms with Crippen LogP contribution in [0, 0.1) is 23.7 Å². The largest absolute Gasteiger partial charge is 0.459 e. The summed E-state index contributed by atoms with van der Waals surface area (Å²) in [6.45, 7) is 21.3. The number of ether oxygens (including phenoxy) is 8. The van der Waals surface area contributed by atoms with Crippen molar-refractivity contribution in [1.29, 1.82) is 0 Å². The lowest BCUT2D eigenvalue weighted by atomic mass is 9.74. The number of aliphatic hydroxyl groups is 3. The Morgan fingerprint density at radius 1 is 0.903 bits per heavy atom. The highest BCUT2D eigenvalue weighted by molar-refractivity contribution is 5.83. The number of hydrogen-bond acceptors (Lipinski definition) is 17. The Kier molecular flexibility index (Phi) is 18.8. The fraction of sp³-hybridized carbons (Fsp3) is 0.933. The van der Waals surface area contributed by atoms with Crippen LogP contribution in [0.25, 0.3) is 0 Å². The normalized spacial score (nSPS) is 44.7. The first-order valence-electron chi connectivity index (χ1n) is 22.8. The molecule has 62 heavy (non-hydrogen) atoms. The van der Waals surface area contributed by atoms with E-state index >= 15 is 0 Å². The van der Waals surface area contributed by atoms with E-state index in [-0.39, 0.29) is 49.6 Å². The average Bonchev–Trinajstić information content (AvgIpc) is 3.23. The van der Waals surface area contributed by atoms with E-state index in [1.807, 2.05) is 39.8 Å². The van der Waals surface area contributed by atoms with Crippen molar-refractivity contribution in [3.05, 3.63) is 0 Å². The van der Waals surface area contributed by atoms with Gasteiger partial charge in [-0.3, -0.25) is 14.4 Å². The number of hydrogen-bond donors (Lipinski definition) is 4. The van der Waals surface area contributed by atoms with Crippen LogP contribution in [0.3, 0.4) is 0 Å². The number of nitrogens with zero attached hydrogens (tertiary/aromatic N) is 2. The SMILES string of the molecule is CC[C@H]1OC(=O)[C@H](C)[C@@H](OC2C[C@@](C)(OC)[C@@H](OC(=O)CCN3CCNCC3)[C@H](C)O2)[C@H](C)[C@@H](OC2O[C@H](C)C[C@H](N(C)C)[C@H]2O)[C@](C)(OC)C[C@@H](C)C(=O)[C@H](C)[C@@H](O)[C@]1(C)O. The second-order valence-corrected chi connectivity index (χ2v) is 19.4. The predicted octanol–water partition coefficient (Wildman–Crippen LogP) is 2.29. The Balaban J connectivity index is 1.76. The van der Waals surface area contributed by atoms with Gasteiger partial charge in [0.25, 0.3) is 0 Å². The molecule has 0 aromatic rings. The third kappa shape index (κ3) is 12.1. The van der Waals surface area contributed by atoms with Gasteiger partial charge in [0, 0.05) is 77.2 Å². The molecule has 0 saturated carbocycles. The maximum atomic E-state index is 14.4. The lowest BCUT2D eigenvalue weighted by Crippen LogP contribution is -2.61. The molecule has 0 aliphatic carbocycles. The molecule has 4 fully saturated rings. The molecule has 0 amide bonds. The van der Waals surface area contributed by atoms with Crippen molar-refractivity contribution in [2.45, 2.75) is 186 Å². The molecule has 2 unspecified atom stereocenters. The maximum absolute atomic E-state index is 14.4. The highest BCUT2D eigenvalue weighted by Gasteiger charge is 2.55. The zero-order valence-electron chi connectivity index (χ0n) is 40.0. The highest BCUT2D eigenvalue weighted by atomic mass is 16.7. The molecule has 4 aliphatic heterocycles. The number of Topliss-reactive ketones (excluding diaryl/α,β-unsaturated/α-hetero) is 1. The third-order valence-corrected chi connectivity index (χ3v) is 14.3. The number of rotatable bonds is 12. The lowest BCUT2D eigenvalue weighted by Gasteiger charge is -2.50. The van der Waals surface area contributed by atoms with Gasteiger partial charge < -0.3 is 68.3 Å². The number of cyclic esters (lactones) is 1. The van der Waals surface area contributed by atoms with E-state index in [1.54, 1.807) is 48.7 Å². The van der Waals surface area contributed by atoms with Crippen molar-refractivity contribution in [1.82, 2.24) is 15.1 Å². The van der Waals surface area contributed by atoms with Crippen molar-refractivity contribution in [3.8, 4) is 0 Å². The van der Waals surface area contributed by atoms with Gasteiger partial charge in [-0.1, -0.05) is 27.7 Å². The molecular formula is C45H81N3O14. The van der Waals surface area contributed by atoms with E-state index in [4.69, 9.17) is 37.9 Å². The number of carbonyl (C=O) groups excluding carboxylic acids is 3. The fourth-order valence-corrected chi connectivity index (χ4v) is 10.2. The fourth-order valence-electron chi connectivity index (χ4n) is 10.2. The molecule has 17 heteroatoms. The van der Waals surface area contributed by atoms with E-state index in [0.29, 0.717) is 13.0 Å². The minimum absolute atomic E-state index is 0.0924. The summed E-state index contributed by atoms with van der Waals surface area (Å²) in [6, 6.07) is -0.304. The number of ketones is 1. The van der Waals surface area contributed by atoms with E-state index in [9.17, 15) is 29.7 Å². The van der Waals surface area contributed by atoms with Crippen molar-refractivity contribution in [3.63, 3.8) is 0 Å². The van der Waals surface area contributed by atoms with Crippen LogP contribution >= 0.6 is 0 Å². The van der Waals surface area contributed by atoms with Crippen molar-refractivity contribution in [2.75, 3.05) is 61.0 Å². The first-order chi connectivity index (χ1) is 28.9. The highest BCUT2D eigenvalue weighted by Crippen LogP contribution is 2.42. The molecule has 4 N–H and O–H groups in total. The molecule has 0 bridgehead atoms. The number of methoxy groups -OCH3 is 2. The number of aliphatic hydroxyl groups excluding tert-OH is 2. The van der Waals surface area contributed by atoms with Crippen LogP contribution < -0.4 is 5.32 Å². The van der Waals surface area contributed by atoms with Gasteiger partial charge in [0.1, 0.15) is 29.2 Å². The quantitative estimate of drug-likeness (QED) is 0.208. The molecule has 4 saturated heterocycles. The average molecular weight is 888 g/mol. The summed E-state index contributed by atoms with van der Waals surface area (Å²) in [7, 11) is 6.81. The van der Waals surface area contributed by atoms with Crippen LogP contribution in [0.15, 0.2) is 0 Å². The molecule has 0 radical (unpaired) electrons. The topological polar surface area (TPSA) is 204 Å². The second-order valence-electron chi connectivity index (χ2n) is 19.4. The summed E-state index contributed by atoms with van der Waals surface area (Å²) in [5.74, 6) is -4.98. The van der Waals surface area contributed by atoms with Crippen LogP contribution in [-0.2, 0) is 52.3 Å². The van der Waals surface area contributed by atoms with E-state index < -0.39 is 102 Å². The molecule has 0 spiro atoms. The summed E-state index contributed by atoms with van der Waals surface area (Å²) in [4.78, 5) is 46.0. The number of nitrogens with one attached hydrogen (secondary N) is 1. The maximum Gasteiger partial charge on any atom is 0.311 e. The number of piperazine rings is 1. The molecule has 0 aromatic carbocycles. The Labute approximate surface area is 370 Å². The van der Waals surface area contributed by atoms with Crippen molar-refractivity contribution in [2.24, 2.45) is 23.7 Å². The van der Waals surface area contributed by atoms with Crippen LogP contribution in [0.2, 0.25) is 0 Å². The molecular weight excluding hydrogens is 807 g/mol. The Hall–Kier alpha value is -1.87. The summed E-state index contributed by atoms with van der Waals surface area (Å²) >= 11 is 0. The molecule has 4 aliphatic rings.